The van der Waals surface area contributed by atoms with Crippen molar-refractivity contribution in [2.45, 2.75) is 18.6 Å². The molecule has 0 aliphatic carbocycles. The second-order valence-electron chi connectivity index (χ2n) is 5.29. The standard InChI is InChI=1S/C18H21NO3/c1-21-17(20)18(19,12-15-8-4-2-5-9-15)14-22-13-16-10-6-3-7-11-16/h2-11H,12-14,19H2,1H3/t18-/m1/s1. The van der Waals surface area contributed by atoms with Crippen molar-refractivity contribution in [1.82, 2.24) is 0 Å². The number of hydrogen-bond acceptors (Lipinski definition) is 4. The molecule has 1 atom stereocenters. The van der Waals surface area contributed by atoms with Gasteiger partial charge in [0.15, 0.2) is 0 Å². The molecule has 0 fully saturated rings. The smallest absolute Gasteiger partial charge is 0.328 e. The maximum absolute atomic E-state index is 12.1. The molecular weight excluding hydrogens is 278 g/mol. The van der Waals surface area contributed by atoms with E-state index in [9.17, 15) is 4.79 Å². The molecule has 0 bridgehead atoms. The first-order chi connectivity index (χ1) is 10.6. The number of benzene rings is 2. The van der Waals surface area contributed by atoms with E-state index in [0.717, 1.165) is 11.1 Å². The molecule has 0 unspecified atom stereocenters. The molecular formula is C18H21NO3. The molecule has 4 nitrogen and oxygen atoms in total. The van der Waals surface area contributed by atoms with Gasteiger partial charge in [0.2, 0.25) is 0 Å². The number of carbonyl (C=O) groups excluding carboxylic acids is 1. The Labute approximate surface area is 130 Å². The SMILES string of the molecule is COC(=O)[C@](N)(COCc1ccccc1)Cc1ccccc1. The van der Waals surface area contributed by atoms with E-state index < -0.39 is 11.5 Å². The molecule has 0 saturated heterocycles. The lowest BCUT2D eigenvalue weighted by molar-refractivity contribution is -0.149. The monoisotopic (exact) mass is 299 g/mol. The molecule has 2 aromatic carbocycles. The summed E-state index contributed by atoms with van der Waals surface area (Å²) in [6.07, 6.45) is 0.370. The van der Waals surface area contributed by atoms with Crippen LogP contribution in [-0.4, -0.2) is 25.2 Å². The van der Waals surface area contributed by atoms with Gasteiger partial charge in [-0.15, -0.1) is 0 Å². The van der Waals surface area contributed by atoms with E-state index >= 15 is 0 Å². The van der Waals surface area contributed by atoms with Crippen LogP contribution in [0.1, 0.15) is 11.1 Å². The van der Waals surface area contributed by atoms with Crippen LogP contribution < -0.4 is 5.73 Å². The van der Waals surface area contributed by atoms with Gasteiger partial charge in [-0.2, -0.15) is 0 Å². The quantitative estimate of drug-likeness (QED) is 0.797. The van der Waals surface area contributed by atoms with Gasteiger partial charge in [-0.3, -0.25) is 0 Å². The lowest BCUT2D eigenvalue weighted by Gasteiger charge is -2.26. The summed E-state index contributed by atoms with van der Waals surface area (Å²) in [4.78, 5) is 12.1. The van der Waals surface area contributed by atoms with Gasteiger partial charge in [-0.25, -0.2) is 4.79 Å². The summed E-state index contributed by atoms with van der Waals surface area (Å²) in [5, 5.41) is 0. The Hall–Kier alpha value is -2.17. The van der Waals surface area contributed by atoms with Gasteiger partial charge in [-0.1, -0.05) is 60.7 Å². The Morgan fingerprint density at radius 2 is 1.55 bits per heavy atom. The van der Waals surface area contributed by atoms with E-state index in [1.165, 1.54) is 7.11 Å². The number of esters is 1. The number of methoxy groups -OCH3 is 1. The van der Waals surface area contributed by atoms with Gasteiger partial charge in [-0.05, 0) is 11.1 Å². The van der Waals surface area contributed by atoms with E-state index in [4.69, 9.17) is 15.2 Å². The van der Waals surface area contributed by atoms with Crippen LogP contribution in [-0.2, 0) is 27.3 Å². The van der Waals surface area contributed by atoms with Crippen LogP contribution >= 0.6 is 0 Å². The summed E-state index contributed by atoms with van der Waals surface area (Å²) in [5.74, 6) is -0.468. The highest BCUT2D eigenvalue weighted by molar-refractivity contribution is 5.81. The van der Waals surface area contributed by atoms with E-state index in [0.29, 0.717) is 13.0 Å². The van der Waals surface area contributed by atoms with Crippen molar-refractivity contribution in [3.05, 3.63) is 71.8 Å². The van der Waals surface area contributed by atoms with E-state index in [1.807, 2.05) is 60.7 Å². The third kappa shape index (κ3) is 4.41. The average molecular weight is 299 g/mol. The van der Waals surface area contributed by atoms with Gasteiger partial charge in [0.1, 0.15) is 5.54 Å². The Balaban J connectivity index is 2.01. The number of rotatable bonds is 7. The summed E-state index contributed by atoms with van der Waals surface area (Å²) < 4.78 is 10.5. The molecule has 0 heterocycles. The lowest BCUT2D eigenvalue weighted by atomic mass is 9.92. The zero-order valence-corrected chi connectivity index (χ0v) is 12.7. The molecule has 4 heteroatoms. The highest BCUT2D eigenvalue weighted by Gasteiger charge is 2.36. The van der Waals surface area contributed by atoms with Gasteiger partial charge < -0.3 is 15.2 Å². The second-order valence-corrected chi connectivity index (χ2v) is 5.29. The molecule has 0 aliphatic rings. The van der Waals surface area contributed by atoms with Gasteiger partial charge in [0.05, 0.1) is 20.3 Å². The van der Waals surface area contributed by atoms with Crippen LogP contribution in [0.15, 0.2) is 60.7 Å². The third-order valence-electron chi connectivity index (χ3n) is 3.43. The minimum absolute atomic E-state index is 0.101. The molecule has 2 aromatic rings. The van der Waals surface area contributed by atoms with E-state index in [-0.39, 0.29) is 6.61 Å². The summed E-state index contributed by atoms with van der Waals surface area (Å²) in [7, 11) is 1.34. The van der Waals surface area contributed by atoms with Gasteiger partial charge >= 0.3 is 5.97 Å². The number of carbonyl (C=O) groups is 1. The van der Waals surface area contributed by atoms with Crippen molar-refractivity contribution in [3.63, 3.8) is 0 Å². The Kier molecular flexibility index (Phi) is 5.69. The first kappa shape index (κ1) is 16.2. The predicted molar refractivity (Wildman–Crippen MR) is 85.2 cm³/mol. The molecule has 116 valence electrons. The Bertz CT molecular complexity index is 586. The van der Waals surface area contributed by atoms with Crippen molar-refractivity contribution in [2.75, 3.05) is 13.7 Å². The molecule has 0 saturated carbocycles. The normalized spacial score (nSPS) is 13.4. The topological polar surface area (TPSA) is 61.5 Å². The molecule has 0 aliphatic heterocycles. The fourth-order valence-electron chi connectivity index (χ4n) is 2.27. The zero-order chi connectivity index (χ0) is 15.8. The fraction of sp³-hybridized carbons (Fsp3) is 0.278. The van der Waals surface area contributed by atoms with Gasteiger partial charge in [0, 0.05) is 6.42 Å². The van der Waals surface area contributed by atoms with Crippen molar-refractivity contribution < 1.29 is 14.3 Å². The van der Waals surface area contributed by atoms with Crippen LogP contribution in [0.4, 0.5) is 0 Å². The Morgan fingerprint density at radius 1 is 1.00 bits per heavy atom. The first-order valence-corrected chi connectivity index (χ1v) is 7.17. The minimum atomic E-state index is -1.19. The summed E-state index contributed by atoms with van der Waals surface area (Å²) in [6.45, 7) is 0.509. The zero-order valence-electron chi connectivity index (χ0n) is 12.7. The molecule has 0 amide bonds. The molecule has 0 radical (unpaired) electrons. The highest BCUT2D eigenvalue weighted by atomic mass is 16.5. The number of nitrogens with two attached hydrogens (primary N) is 1. The molecule has 2 N–H and O–H groups in total. The van der Waals surface area contributed by atoms with Crippen molar-refractivity contribution in [1.29, 1.82) is 0 Å². The maximum atomic E-state index is 12.1. The summed E-state index contributed by atoms with van der Waals surface area (Å²) in [6, 6.07) is 19.4. The molecule has 0 aromatic heterocycles. The Morgan fingerprint density at radius 3 is 2.09 bits per heavy atom. The van der Waals surface area contributed by atoms with Gasteiger partial charge in [0.25, 0.3) is 0 Å². The third-order valence-corrected chi connectivity index (χ3v) is 3.43. The fourth-order valence-corrected chi connectivity index (χ4v) is 2.27. The maximum Gasteiger partial charge on any atom is 0.328 e. The van der Waals surface area contributed by atoms with Crippen molar-refractivity contribution in [3.8, 4) is 0 Å². The van der Waals surface area contributed by atoms with Crippen LogP contribution in [0, 0.1) is 0 Å². The van der Waals surface area contributed by atoms with Crippen LogP contribution in [0.5, 0.6) is 0 Å². The molecule has 22 heavy (non-hydrogen) atoms. The second kappa shape index (κ2) is 7.73. The van der Waals surface area contributed by atoms with Crippen LogP contribution in [0.2, 0.25) is 0 Å². The van der Waals surface area contributed by atoms with Crippen LogP contribution in [0.3, 0.4) is 0 Å². The van der Waals surface area contributed by atoms with Crippen molar-refractivity contribution >= 4 is 5.97 Å². The first-order valence-electron chi connectivity index (χ1n) is 7.17. The minimum Gasteiger partial charge on any atom is -0.468 e. The lowest BCUT2D eigenvalue weighted by Crippen LogP contribution is -2.54. The highest BCUT2D eigenvalue weighted by Crippen LogP contribution is 2.15. The predicted octanol–water partition coefficient (Wildman–Crippen LogP) is 2.32. The molecule has 0 spiro atoms. The van der Waals surface area contributed by atoms with E-state index in [2.05, 4.69) is 0 Å². The van der Waals surface area contributed by atoms with Crippen LogP contribution in [0.25, 0.3) is 0 Å². The number of hydrogen-bond donors (Lipinski definition) is 1. The van der Waals surface area contributed by atoms with Crippen molar-refractivity contribution in [2.24, 2.45) is 5.73 Å². The molecule has 2 rings (SSSR count). The van der Waals surface area contributed by atoms with E-state index in [1.54, 1.807) is 0 Å². The summed E-state index contributed by atoms with van der Waals surface area (Å²) >= 11 is 0. The largest absolute Gasteiger partial charge is 0.468 e. The average Bonchev–Trinajstić information content (AvgIpc) is 2.56. The summed E-state index contributed by atoms with van der Waals surface area (Å²) in [5.41, 5.74) is 7.07. The number of ether oxygens (including phenoxy) is 2.